The number of carbonyl (C=O) groups excluding carboxylic acids is 1. The van der Waals surface area contributed by atoms with Crippen LogP contribution in [0.15, 0.2) is 30.7 Å². The van der Waals surface area contributed by atoms with E-state index in [0.29, 0.717) is 0 Å². The van der Waals surface area contributed by atoms with Crippen LogP contribution in [0.1, 0.15) is 10.4 Å². The van der Waals surface area contributed by atoms with Gasteiger partial charge in [0.25, 0.3) is 5.69 Å². The lowest BCUT2D eigenvalue weighted by Gasteiger charge is -2.05. The maximum absolute atomic E-state index is 11.5. The van der Waals surface area contributed by atoms with Crippen molar-refractivity contribution in [2.24, 2.45) is 0 Å². The van der Waals surface area contributed by atoms with E-state index < -0.39 is 21.6 Å². The Hall–Kier alpha value is -3.30. The molecule has 108 valence electrons. The zero-order valence-corrected chi connectivity index (χ0v) is 10.6. The highest BCUT2D eigenvalue weighted by Gasteiger charge is 2.21. The van der Waals surface area contributed by atoms with Crippen molar-refractivity contribution >= 4 is 17.5 Å². The molecule has 0 unspecified atom stereocenters. The molecule has 0 fully saturated rings. The summed E-state index contributed by atoms with van der Waals surface area (Å²) in [6.07, 6.45) is 2.07. The van der Waals surface area contributed by atoms with Gasteiger partial charge in [0.2, 0.25) is 6.33 Å². The van der Waals surface area contributed by atoms with Crippen LogP contribution >= 0.6 is 0 Å². The van der Waals surface area contributed by atoms with Gasteiger partial charge < -0.3 is 14.9 Å². The molecule has 0 aliphatic carbocycles. The fourth-order valence-electron chi connectivity index (χ4n) is 1.67. The Morgan fingerprint density at radius 3 is 2.52 bits per heavy atom. The number of rotatable bonds is 4. The number of esters is 1. The van der Waals surface area contributed by atoms with E-state index in [1.54, 1.807) is 0 Å². The van der Waals surface area contributed by atoms with Gasteiger partial charge in [-0.25, -0.2) is 4.79 Å². The van der Waals surface area contributed by atoms with Gasteiger partial charge in [0.15, 0.2) is 0 Å². The quantitative estimate of drug-likeness (QED) is 0.473. The number of hydrogen-bond donors (Lipinski definition) is 0. The normalized spacial score (nSPS) is 10.1. The average molecular weight is 292 g/mol. The summed E-state index contributed by atoms with van der Waals surface area (Å²) in [7, 11) is 1.17. The first kappa shape index (κ1) is 14.1. The molecule has 21 heavy (non-hydrogen) atoms. The van der Waals surface area contributed by atoms with Gasteiger partial charge in [0, 0.05) is 6.07 Å². The van der Waals surface area contributed by atoms with Crippen LogP contribution in [0.4, 0.5) is 11.5 Å². The topological polar surface area (TPSA) is 130 Å². The Morgan fingerprint density at radius 1 is 1.29 bits per heavy atom. The van der Waals surface area contributed by atoms with Crippen LogP contribution in [-0.4, -0.2) is 32.5 Å². The van der Waals surface area contributed by atoms with E-state index >= 15 is 0 Å². The van der Waals surface area contributed by atoms with Crippen molar-refractivity contribution in [1.29, 1.82) is 0 Å². The lowest BCUT2D eigenvalue weighted by molar-refractivity contribution is -0.389. The summed E-state index contributed by atoms with van der Waals surface area (Å²) in [6.45, 7) is 0. The smallest absolute Gasteiger partial charge is 0.381 e. The number of carbonyl (C=O) groups is 1. The van der Waals surface area contributed by atoms with Gasteiger partial charge in [0.1, 0.15) is 11.9 Å². The minimum Gasteiger partial charge on any atom is -0.465 e. The van der Waals surface area contributed by atoms with Crippen molar-refractivity contribution in [3.8, 4) is 5.69 Å². The van der Waals surface area contributed by atoms with E-state index in [1.807, 2.05) is 0 Å². The number of ether oxygens (including phenoxy) is 1. The summed E-state index contributed by atoms with van der Waals surface area (Å²) in [6, 6.07) is 3.56. The van der Waals surface area contributed by atoms with Crippen molar-refractivity contribution in [1.82, 2.24) is 9.55 Å². The molecule has 10 heteroatoms. The number of imidazole rings is 1. The molecule has 10 nitrogen and oxygen atoms in total. The molecular weight excluding hydrogens is 284 g/mol. The van der Waals surface area contributed by atoms with E-state index in [2.05, 4.69) is 9.72 Å². The maximum Gasteiger partial charge on any atom is 0.381 e. The third kappa shape index (κ3) is 2.68. The van der Waals surface area contributed by atoms with E-state index in [0.717, 1.165) is 23.2 Å². The Balaban J connectivity index is 2.59. The Morgan fingerprint density at radius 2 is 2.00 bits per heavy atom. The average Bonchev–Trinajstić information content (AvgIpc) is 2.95. The number of benzene rings is 1. The number of hydrogen-bond acceptors (Lipinski definition) is 7. The summed E-state index contributed by atoms with van der Waals surface area (Å²) < 4.78 is 5.63. The van der Waals surface area contributed by atoms with Crippen molar-refractivity contribution in [3.63, 3.8) is 0 Å². The largest absolute Gasteiger partial charge is 0.465 e. The SMILES string of the molecule is COC(=O)c1ccc([N+](=O)[O-])c(-n2cnc([N+](=O)[O-])c2)c1. The number of nitro groups is 2. The zero-order valence-electron chi connectivity index (χ0n) is 10.6. The van der Waals surface area contributed by atoms with Crippen LogP contribution < -0.4 is 0 Å². The molecule has 0 spiro atoms. The van der Waals surface area contributed by atoms with E-state index in [9.17, 15) is 25.0 Å². The van der Waals surface area contributed by atoms with E-state index in [-0.39, 0.29) is 16.9 Å². The minimum absolute atomic E-state index is 0.0245. The highest BCUT2D eigenvalue weighted by molar-refractivity contribution is 5.90. The maximum atomic E-state index is 11.5. The minimum atomic E-state index is -0.730. The number of methoxy groups -OCH3 is 1. The molecule has 1 aromatic carbocycles. The van der Waals surface area contributed by atoms with E-state index in [4.69, 9.17) is 0 Å². The molecule has 0 saturated carbocycles. The summed E-state index contributed by atoms with van der Waals surface area (Å²) in [5.41, 5.74) is -0.270. The summed E-state index contributed by atoms with van der Waals surface area (Å²) in [4.78, 5) is 35.2. The molecule has 0 amide bonds. The van der Waals surface area contributed by atoms with Gasteiger partial charge in [-0.3, -0.25) is 14.7 Å². The van der Waals surface area contributed by atoms with Crippen LogP contribution in [-0.2, 0) is 4.74 Å². The predicted octanol–water partition coefficient (Wildman–Crippen LogP) is 1.48. The first-order valence-electron chi connectivity index (χ1n) is 5.49. The predicted molar refractivity (Wildman–Crippen MR) is 68.2 cm³/mol. The number of nitrogens with zero attached hydrogens (tertiary/aromatic N) is 4. The number of nitro benzene ring substituents is 1. The second-order valence-corrected chi connectivity index (χ2v) is 3.85. The van der Waals surface area contributed by atoms with Crippen molar-refractivity contribution < 1.29 is 19.4 Å². The van der Waals surface area contributed by atoms with E-state index in [1.165, 1.54) is 19.2 Å². The molecule has 0 saturated heterocycles. The van der Waals surface area contributed by atoms with Gasteiger partial charge in [-0.05, 0) is 22.0 Å². The Kier molecular flexibility index (Phi) is 3.61. The Bertz CT molecular complexity index is 738. The lowest BCUT2D eigenvalue weighted by atomic mass is 10.1. The summed E-state index contributed by atoms with van der Waals surface area (Å²) >= 11 is 0. The molecule has 1 aromatic heterocycles. The molecule has 0 aliphatic heterocycles. The summed E-state index contributed by atoms with van der Waals surface area (Å²) in [5.74, 6) is -1.14. The first-order valence-corrected chi connectivity index (χ1v) is 5.49. The second-order valence-electron chi connectivity index (χ2n) is 3.85. The molecule has 0 radical (unpaired) electrons. The van der Waals surface area contributed by atoms with Gasteiger partial charge in [-0.15, -0.1) is 0 Å². The van der Waals surface area contributed by atoms with Crippen molar-refractivity contribution in [2.75, 3.05) is 7.11 Å². The van der Waals surface area contributed by atoms with Crippen LogP contribution in [0.3, 0.4) is 0 Å². The van der Waals surface area contributed by atoms with Crippen LogP contribution in [0.5, 0.6) is 0 Å². The third-order valence-corrected chi connectivity index (χ3v) is 2.63. The molecule has 2 rings (SSSR count). The van der Waals surface area contributed by atoms with Gasteiger partial charge >= 0.3 is 11.8 Å². The van der Waals surface area contributed by atoms with Gasteiger partial charge in [-0.2, -0.15) is 0 Å². The fourth-order valence-corrected chi connectivity index (χ4v) is 1.67. The zero-order chi connectivity index (χ0) is 15.6. The highest BCUT2D eigenvalue weighted by Crippen LogP contribution is 2.25. The second kappa shape index (κ2) is 5.36. The molecule has 0 bridgehead atoms. The summed E-state index contributed by atoms with van der Waals surface area (Å²) in [5, 5.41) is 21.6. The molecule has 2 aromatic rings. The Labute approximate surface area is 116 Å². The molecule has 0 atom stereocenters. The van der Waals surface area contributed by atoms with Gasteiger partial charge in [-0.1, -0.05) is 0 Å². The monoisotopic (exact) mass is 292 g/mol. The van der Waals surface area contributed by atoms with Crippen LogP contribution in [0.2, 0.25) is 0 Å². The number of aromatic nitrogens is 2. The fraction of sp³-hybridized carbons (Fsp3) is 0.0909. The lowest BCUT2D eigenvalue weighted by Crippen LogP contribution is -2.05. The molecule has 0 N–H and O–H groups in total. The van der Waals surface area contributed by atoms with Crippen molar-refractivity contribution in [3.05, 3.63) is 56.5 Å². The molecule has 0 aliphatic rings. The van der Waals surface area contributed by atoms with Gasteiger partial charge in [0.05, 0.1) is 17.6 Å². The standard InChI is InChI=1S/C11H8N4O6/c1-21-11(16)7-2-3-8(14(17)18)9(4-7)13-5-10(12-6-13)15(19)20/h2-6H,1H3. The highest BCUT2D eigenvalue weighted by atomic mass is 16.6. The van der Waals surface area contributed by atoms with Crippen LogP contribution in [0.25, 0.3) is 5.69 Å². The third-order valence-electron chi connectivity index (χ3n) is 2.63. The molecule has 1 heterocycles. The van der Waals surface area contributed by atoms with Crippen LogP contribution in [0, 0.1) is 20.2 Å². The van der Waals surface area contributed by atoms with Crippen molar-refractivity contribution in [2.45, 2.75) is 0 Å². The first-order chi connectivity index (χ1) is 9.93. The molecular formula is C11H8N4O6.